The van der Waals surface area contributed by atoms with Crippen LogP contribution in [0.4, 0.5) is 35.1 Å². The number of para-hydroxylation sites is 1. The molecule has 0 radical (unpaired) electrons. The quantitative estimate of drug-likeness (QED) is 0.0711. The van der Waals surface area contributed by atoms with Gasteiger partial charge in [0.05, 0.1) is 33.4 Å². The lowest BCUT2D eigenvalue weighted by Gasteiger charge is -2.13. The lowest BCUT2D eigenvalue weighted by Crippen LogP contribution is -2.13. The number of carboxylic acid groups (broad SMARTS) is 6. The maximum absolute atomic E-state index is 12.6. The van der Waals surface area contributed by atoms with Crippen molar-refractivity contribution in [1.29, 1.82) is 0 Å². The van der Waals surface area contributed by atoms with Crippen molar-refractivity contribution in [3.63, 3.8) is 0 Å². The highest BCUT2D eigenvalue weighted by molar-refractivity contribution is 6.36. The van der Waals surface area contributed by atoms with E-state index in [-0.39, 0.29) is 10.0 Å². The zero-order valence-electron chi connectivity index (χ0n) is 33.4. The van der Waals surface area contributed by atoms with Crippen molar-refractivity contribution in [2.45, 2.75) is 0 Å². The molecule has 0 aliphatic heterocycles. The number of carbonyl (C=O) groups is 6. The van der Waals surface area contributed by atoms with Gasteiger partial charge in [0.1, 0.15) is 23.3 Å². The van der Waals surface area contributed by atoms with Crippen LogP contribution in [0.5, 0.6) is 34.5 Å². The first-order valence-electron chi connectivity index (χ1n) is 17.3. The summed E-state index contributed by atoms with van der Waals surface area (Å²) in [5.74, 6) is -27.9. The molecule has 6 aromatic rings. The van der Waals surface area contributed by atoms with Gasteiger partial charge < -0.3 is 61.3 Å². The van der Waals surface area contributed by atoms with E-state index < -0.39 is 150 Å². The Balaban J connectivity index is 0.000000421. The van der Waals surface area contributed by atoms with Gasteiger partial charge in [0.25, 0.3) is 0 Å². The molecule has 0 aliphatic carbocycles. The molecule has 372 valence electrons. The van der Waals surface area contributed by atoms with Crippen LogP contribution in [0.1, 0.15) is 62.1 Å². The maximum Gasteiger partial charge on any atom is 0.338 e. The fraction of sp³-hybridized carbons (Fsp3) is 0. The van der Waals surface area contributed by atoms with Crippen LogP contribution in [0, 0.1) is 46.5 Å². The van der Waals surface area contributed by atoms with Gasteiger partial charge in [0.2, 0.25) is 0 Å². The highest BCUT2D eigenvalue weighted by Crippen LogP contribution is 2.29. The number of rotatable bonds is 6. The molecule has 0 amide bonds. The van der Waals surface area contributed by atoms with Crippen molar-refractivity contribution >= 4 is 59.0 Å². The normalized spacial score (nSPS) is 9.74. The predicted molar refractivity (Wildman–Crippen MR) is 207 cm³/mol. The Morgan fingerprint density at radius 1 is 0.371 bits per heavy atom. The first kappa shape index (κ1) is 59.0. The van der Waals surface area contributed by atoms with Crippen molar-refractivity contribution in [3.8, 4) is 34.5 Å². The fourth-order valence-electron chi connectivity index (χ4n) is 4.25. The summed E-state index contributed by atoms with van der Waals surface area (Å²) in [6.45, 7) is 0. The molecule has 0 aromatic heterocycles. The Morgan fingerprint density at radius 3 is 1.29 bits per heavy atom. The first-order valence-corrected chi connectivity index (χ1v) is 18.1. The highest BCUT2D eigenvalue weighted by atomic mass is 35.5. The Morgan fingerprint density at radius 2 is 0.843 bits per heavy atom. The summed E-state index contributed by atoms with van der Waals surface area (Å²) in [6.07, 6.45) is 0. The van der Waals surface area contributed by atoms with Crippen molar-refractivity contribution in [2.75, 3.05) is 0 Å². The second-order valence-corrected chi connectivity index (χ2v) is 12.9. The standard InChI is InChI=1S/C7H4Cl2O3.C7H2F4O3.4C7H5FO3/c8-3-1-4(7(11)12)6(10)5(9)2-3;8-2-1(7(13)14)6(12)5(11)4(10)3(2)9;8-4-1-2-6(9)5(3-4)7(10)11;8-4-1-2-5(7(10)11)6(9)3-4;8-4-2-1-3-5(9)6(4)7(10)11;8-5-3-1-2-4(6(5)9)7(10)11/h1-2,10H,(H,11,12);12H,(H,13,14);4*1-3,9H,(H,10,11)/p-6. The van der Waals surface area contributed by atoms with Crippen LogP contribution in [0.15, 0.2) is 84.9 Å². The van der Waals surface area contributed by atoms with Crippen LogP contribution in [0.25, 0.3) is 0 Å². The third kappa shape index (κ3) is 16.7. The van der Waals surface area contributed by atoms with Gasteiger partial charge in [-0.1, -0.05) is 82.0 Å². The second kappa shape index (κ2) is 26.3. The van der Waals surface area contributed by atoms with E-state index in [1.807, 2.05) is 0 Å². The molecule has 6 aromatic carbocycles. The zero-order valence-corrected chi connectivity index (χ0v) is 35.0. The molecule has 28 heteroatoms. The smallest absolute Gasteiger partial charge is 0.338 e. The minimum Gasteiger partial charge on any atom is -0.872 e. The van der Waals surface area contributed by atoms with Crippen LogP contribution >= 0.6 is 23.2 Å². The molecule has 6 rings (SSSR count). The summed E-state index contributed by atoms with van der Waals surface area (Å²) < 4.78 is 99.1. The number of carboxylic acids is 6. The van der Waals surface area contributed by atoms with E-state index in [1.165, 1.54) is 18.2 Å². The number of hydrogen-bond acceptors (Lipinski definition) is 12. The van der Waals surface area contributed by atoms with Gasteiger partial charge >= 0.3 is 35.8 Å². The fourth-order valence-corrected chi connectivity index (χ4v) is 4.75. The van der Waals surface area contributed by atoms with Gasteiger partial charge in [0, 0.05) is 10.0 Å². The number of halogens is 10. The van der Waals surface area contributed by atoms with E-state index >= 15 is 0 Å². The van der Waals surface area contributed by atoms with E-state index in [0.717, 1.165) is 54.6 Å². The molecule has 0 bridgehead atoms. The molecular formula is C42H20Cl2F8O18-6. The minimum absolute atomic E-state index is 0.136. The Labute approximate surface area is 392 Å². The molecule has 18 nitrogen and oxygen atoms in total. The van der Waals surface area contributed by atoms with E-state index in [0.29, 0.717) is 12.1 Å². The van der Waals surface area contributed by atoms with E-state index in [2.05, 4.69) is 0 Å². The lowest BCUT2D eigenvalue weighted by atomic mass is 10.1. The first-order chi connectivity index (χ1) is 32.4. The lowest BCUT2D eigenvalue weighted by molar-refractivity contribution is -0.274. The SMILES string of the molecule is O=C(O)c1c([O-])c(F)c(F)c(F)c1F.O=C(O)c1c([O-])cccc1F.O=C(O)c1cc(Cl)cc(Cl)c1[O-].O=C(O)c1cc(F)ccc1[O-].O=C(O)c1ccc(F)cc1[O-].O=C(O)c1cccc(F)c1[O-]. The summed E-state index contributed by atoms with van der Waals surface area (Å²) in [4.78, 5) is 61.4. The molecule has 6 N–H and O–H groups in total. The van der Waals surface area contributed by atoms with E-state index in [4.69, 9.17) is 53.8 Å². The van der Waals surface area contributed by atoms with Gasteiger partial charge in [-0.2, -0.15) is 0 Å². The third-order valence-electron chi connectivity index (χ3n) is 7.41. The Kier molecular flexibility index (Phi) is 22.2. The van der Waals surface area contributed by atoms with E-state index in [1.54, 1.807) is 0 Å². The molecular weight excluding hydrogens is 1020 g/mol. The molecule has 0 fully saturated rings. The van der Waals surface area contributed by atoms with Gasteiger partial charge in [-0.05, 0) is 60.7 Å². The molecule has 0 spiro atoms. The van der Waals surface area contributed by atoms with Gasteiger partial charge in [-0.3, -0.25) is 0 Å². The van der Waals surface area contributed by atoms with Crippen LogP contribution in [0.3, 0.4) is 0 Å². The van der Waals surface area contributed by atoms with Crippen molar-refractivity contribution in [1.82, 2.24) is 0 Å². The highest BCUT2D eigenvalue weighted by Gasteiger charge is 2.24. The predicted octanol–water partition coefficient (Wildman–Crippen LogP) is 5.17. The van der Waals surface area contributed by atoms with Crippen molar-refractivity contribution in [2.24, 2.45) is 0 Å². The molecule has 0 saturated heterocycles. The van der Waals surface area contributed by atoms with Crippen LogP contribution in [0.2, 0.25) is 10.0 Å². The average Bonchev–Trinajstić information content (AvgIpc) is 3.26. The zero-order chi connectivity index (χ0) is 54.1. The van der Waals surface area contributed by atoms with Gasteiger partial charge in [-0.25, -0.2) is 63.9 Å². The van der Waals surface area contributed by atoms with Crippen LogP contribution in [-0.2, 0) is 0 Å². The summed E-state index contributed by atoms with van der Waals surface area (Å²) >= 11 is 10.9. The summed E-state index contributed by atoms with van der Waals surface area (Å²) in [6, 6.07) is 13.6. The molecule has 0 heterocycles. The Bertz CT molecular complexity index is 2900. The van der Waals surface area contributed by atoms with Gasteiger partial charge in [0.15, 0.2) is 23.3 Å². The average molecular weight is 1040 g/mol. The molecule has 0 unspecified atom stereocenters. The van der Waals surface area contributed by atoms with Crippen molar-refractivity contribution < 1.29 is 125 Å². The molecule has 0 saturated carbocycles. The number of hydrogen-bond donors (Lipinski definition) is 6. The van der Waals surface area contributed by atoms with Gasteiger partial charge in [-0.15, -0.1) is 0 Å². The number of benzene rings is 6. The van der Waals surface area contributed by atoms with Crippen molar-refractivity contribution in [3.05, 3.63) is 175 Å². The largest absolute Gasteiger partial charge is 0.872 e. The Hall–Kier alpha value is -9.04. The van der Waals surface area contributed by atoms with E-state index in [9.17, 15) is 94.5 Å². The summed E-state index contributed by atoms with van der Waals surface area (Å²) in [5.41, 5.74) is -4.44. The maximum atomic E-state index is 12.6. The molecule has 0 aliphatic rings. The monoisotopic (exact) mass is 1030 g/mol. The minimum atomic E-state index is -2.32. The summed E-state index contributed by atoms with van der Waals surface area (Å²) in [7, 11) is 0. The third-order valence-corrected chi connectivity index (χ3v) is 7.91. The van der Waals surface area contributed by atoms with Crippen LogP contribution in [-0.4, -0.2) is 66.5 Å². The summed E-state index contributed by atoms with van der Waals surface area (Å²) in [5, 5.41) is 114. The topological polar surface area (TPSA) is 362 Å². The second-order valence-electron chi connectivity index (χ2n) is 12.1. The molecule has 70 heavy (non-hydrogen) atoms. The molecule has 0 atom stereocenters. The van der Waals surface area contributed by atoms with Crippen LogP contribution < -0.4 is 30.6 Å². The number of aromatic carboxylic acids is 6.